The van der Waals surface area contributed by atoms with Crippen LogP contribution in [0.5, 0.6) is 0 Å². The lowest BCUT2D eigenvalue weighted by Crippen LogP contribution is -2.21. The molecule has 1 aromatic carbocycles. The number of rotatable bonds is 5. The van der Waals surface area contributed by atoms with Crippen LogP contribution in [-0.2, 0) is 6.42 Å². The zero-order chi connectivity index (χ0) is 12.8. The Labute approximate surface area is 108 Å². The third-order valence-corrected chi connectivity index (χ3v) is 2.98. The molecule has 0 aliphatic heterocycles. The predicted octanol–water partition coefficient (Wildman–Crippen LogP) is 2.73. The van der Waals surface area contributed by atoms with Crippen molar-refractivity contribution >= 4 is 11.5 Å². The molecule has 1 heterocycles. The first-order chi connectivity index (χ1) is 8.77. The Morgan fingerprint density at radius 1 is 1.11 bits per heavy atom. The second-order valence-electron chi connectivity index (χ2n) is 4.43. The molecule has 1 aromatic heterocycles. The van der Waals surface area contributed by atoms with Crippen molar-refractivity contribution in [3.05, 3.63) is 54.2 Å². The van der Waals surface area contributed by atoms with Gasteiger partial charge in [-0.05, 0) is 30.5 Å². The summed E-state index contributed by atoms with van der Waals surface area (Å²) in [4.78, 5) is 6.41. The van der Waals surface area contributed by atoms with Gasteiger partial charge in [0.15, 0.2) is 5.82 Å². The van der Waals surface area contributed by atoms with Crippen LogP contribution in [-0.4, -0.2) is 18.6 Å². The second kappa shape index (κ2) is 6.05. The molecule has 0 fully saturated rings. The monoisotopic (exact) mass is 241 g/mol. The lowest BCUT2D eigenvalue weighted by Gasteiger charge is -2.19. The van der Waals surface area contributed by atoms with E-state index in [2.05, 4.69) is 34.1 Å². The zero-order valence-electron chi connectivity index (χ0n) is 10.7. The number of nitrogens with zero attached hydrogens (tertiary/aromatic N) is 2. The van der Waals surface area contributed by atoms with E-state index < -0.39 is 0 Å². The van der Waals surface area contributed by atoms with Gasteiger partial charge in [0, 0.05) is 19.8 Å². The van der Waals surface area contributed by atoms with Crippen LogP contribution in [0.15, 0.2) is 48.7 Å². The van der Waals surface area contributed by atoms with Crippen LogP contribution in [0.1, 0.15) is 12.0 Å². The van der Waals surface area contributed by atoms with Gasteiger partial charge in [0.2, 0.25) is 0 Å². The first-order valence-electron chi connectivity index (χ1n) is 6.23. The molecule has 0 unspecified atom stereocenters. The molecular formula is C15H19N3. The molecule has 0 amide bonds. The molecule has 2 N–H and O–H groups in total. The molecule has 0 radical (unpaired) electrons. The molecule has 3 nitrogen and oxygen atoms in total. The van der Waals surface area contributed by atoms with Crippen LogP contribution < -0.4 is 10.6 Å². The van der Waals surface area contributed by atoms with Crippen molar-refractivity contribution in [3.8, 4) is 0 Å². The van der Waals surface area contributed by atoms with Gasteiger partial charge in [-0.1, -0.05) is 30.3 Å². The normalized spacial score (nSPS) is 10.3. The van der Waals surface area contributed by atoms with Gasteiger partial charge in [0.05, 0.1) is 5.69 Å². The van der Waals surface area contributed by atoms with Gasteiger partial charge in [0.1, 0.15) is 0 Å². The maximum atomic E-state index is 5.90. The van der Waals surface area contributed by atoms with Crippen molar-refractivity contribution in [1.82, 2.24) is 4.98 Å². The van der Waals surface area contributed by atoms with Gasteiger partial charge in [-0.15, -0.1) is 0 Å². The standard InChI is InChI=1S/C15H19N3/c1-18(15-14(16)10-5-11-17-15)12-6-9-13-7-3-2-4-8-13/h2-5,7-8,10-11H,6,9,12,16H2,1H3. The summed E-state index contributed by atoms with van der Waals surface area (Å²) in [5.41, 5.74) is 8.01. The molecule has 0 saturated carbocycles. The maximum Gasteiger partial charge on any atom is 0.151 e. The Bertz CT molecular complexity index is 482. The van der Waals surface area contributed by atoms with Gasteiger partial charge in [-0.25, -0.2) is 4.98 Å². The molecule has 3 heteroatoms. The summed E-state index contributed by atoms with van der Waals surface area (Å²) in [6.45, 7) is 0.954. The smallest absolute Gasteiger partial charge is 0.151 e. The number of nitrogen functional groups attached to an aromatic ring is 1. The molecule has 0 aliphatic carbocycles. The average Bonchev–Trinajstić information content (AvgIpc) is 2.40. The summed E-state index contributed by atoms with van der Waals surface area (Å²) in [7, 11) is 2.03. The van der Waals surface area contributed by atoms with Gasteiger partial charge >= 0.3 is 0 Å². The molecule has 2 aromatic rings. The Hall–Kier alpha value is -2.03. The van der Waals surface area contributed by atoms with E-state index in [0.717, 1.165) is 30.9 Å². The van der Waals surface area contributed by atoms with Crippen molar-refractivity contribution in [2.75, 3.05) is 24.2 Å². The van der Waals surface area contributed by atoms with E-state index in [1.165, 1.54) is 5.56 Å². The van der Waals surface area contributed by atoms with Gasteiger partial charge in [-0.3, -0.25) is 0 Å². The summed E-state index contributed by atoms with van der Waals surface area (Å²) < 4.78 is 0. The third-order valence-electron chi connectivity index (χ3n) is 2.98. The number of benzene rings is 1. The third kappa shape index (κ3) is 3.23. The molecule has 0 bridgehead atoms. The number of pyridine rings is 1. The van der Waals surface area contributed by atoms with Crippen LogP contribution in [0, 0.1) is 0 Å². The highest BCUT2D eigenvalue weighted by Gasteiger charge is 2.05. The molecule has 0 aliphatic rings. The van der Waals surface area contributed by atoms with E-state index in [9.17, 15) is 0 Å². The largest absolute Gasteiger partial charge is 0.396 e. The summed E-state index contributed by atoms with van der Waals surface area (Å²) in [6, 6.07) is 14.3. The minimum atomic E-state index is 0.736. The molecule has 0 spiro atoms. The fourth-order valence-electron chi connectivity index (χ4n) is 2.00. The Kier molecular flexibility index (Phi) is 4.18. The summed E-state index contributed by atoms with van der Waals surface area (Å²) in [6.07, 6.45) is 3.95. The van der Waals surface area contributed by atoms with Crippen LogP contribution in [0.2, 0.25) is 0 Å². The van der Waals surface area contributed by atoms with E-state index in [1.807, 2.05) is 25.2 Å². The molecule has 2 rings (SSSR count). The lowest BCUT2D eigenvalue weighted by atomic mass is 10.1. The average molecular weight is 241 g/mol. The number of anilines is 2. The Morgan fingerprint density at radius 2 is 1.89 bits per heavy atom. The first kappa shape index (κ1) is 12.4. The topological polar surface area (TPSA) is 42.2 Å². The van der Waals surface area contributed by atoms with Crippen LogP contribution in [0.4, 0.5) is 11.5 Å². The van der Waals surface area contributed by atoms with Crippen LogP contribution >= 0.6 is 0 Å². The van der Waals surface area contributed by atoms with Crippen LogP contribution in [0.25, 0.3) is 0 Å². The fraction of sp³-hybridized carbons (Fsp3) is 0.267. The maximum absolute atomic E-state index is 5.90. The highest BCUT2D eigenvalue weighted by atomic mass is 15.2. The SMILES string of the molecule is CN(CCCc1ccccc1)c1ncccc1N. The van der Waals surface area contributed by atoms with E-state index in [1.54, 1.807) is 6.20 Å². The van der Waals surface area contributed by atoms with Crippen molar-refractivity contribution < 1.29 is 0 Å². The summed E-state index contributed by atoms with van der Waals surface area (Å²) >= 11 is 0. The Morgan fingerprint density at radius 3 is 2.61 bits per heavy atom. The summed E-state index contributed by atoms with van der Waals surface area (Å²) in [5, 5.41) is 0. The highest BCUT2D eigenvalue weighted by molar-refractivity contribution is 5.61. The molecule has 18 heavy (non-hydrogen) atoms. The quantitative estimate of drug-likeness (QED) is 0.875. The number of aromatic nitrogens is 1. The van der Waals surface area contributed by atoms with Gasteiger partial charge in [0.25, 0.3) is 0 Å². The molecular weight excluding hydrogens is 222 g/mol. The van der Waals surface area contributed by atoms with Crippen molar-refractivity contribution in [1.29, 1.82) is 0 Å². The highest BCUT2D eigenvalue weighted by Crippen LogP contribution is 2.17. The fourth-order valence-corrected chi connectivity index (χ4v) is 2.00. The second-order valence-corrected chi connectivity index (χ2v) is 4.43. The van der Waals surface area contributed by atoms with E-state index in [-0.39, 0.29) is 0 Å². The molecule has 94 valence electrons. The van der Waals surface area contributed by atoms with E-state index in [4.69, 9.17) is 5.73 Å². The van der Waals surface area contributed by atoms with E-state index in [0.29, 0.717) is 0 Å². The lowest BCUT2D eigenvalue weighted by molar-refractivity contribution is 0.778. The number of aryl methyl sites for hydroxylation is 1. The molecule has 0 atom stereocenters. The number of hydrogen-bond acceptors (Lipinski definition) is 3. The van der Waals surface area contributed by atoms with Gasteiger partial charge in [-0.2, -0.15) is 0 Å². The van der Waals surface area contributed by atoms with Crippen LogP contribution in [0.3, 0.4) is 0 Å². The summed E-state index contributed by atoms with van der Waals surface area (Å²) in [5.74, 6) is 0.866. The number of nitrogens with two attached hydrogens (primary N) is 1. The number of hydrogen-bond donors (Lipinski definition) is 1. The predicted molar refractivity (Wildman–Crippen MR) is 76.7 cm³/mol. The van der Waals surface area contributed by atoms with E-state index >= 15 is 0 Å². The Balaban J connectivity index is 1.86. The van der Waals surface area contributed by atoms with Gasteiger partial charge < -0.3 is 10.6 Å². The first-order valence-corrected chi connectivity index (χ1v) is 6.23. The molecule has 0 saturated heterocycles. The minimum absolute atomic E-state index is 0.736. The van der Waals surface area contributed by atoms with Crippen molar-refractivity contribution in [2.45, 2.75) is 12.8 Å². The van der Waals surface area contributed by atoms with Crippen molar-refractivity contribution in [2.24, 2.45) is 0 Å². The minimum Gasteiger partial charge on any atom is -0.396 e. The zero-order valence-corrected chi connectivity index (χ0v) is 10.7. The van der Waals surface area contributed by atoms with Crippen molar-refractivity contribution in [3.63, 3.8) is 0 Å².